The highest BCUT2D eigenvalue weighted by atomic mass is 79.9. The Bertz CT molecular complexity index is 481. The number of halogens is 1. The number of ketones is 1. The average Bonchev–Trinajstić information content (AvgIpc) is 2.90. The van der Waals surface area contributed by atoms with Crippen LogP contribution in [-0.2, 0) is 4.79 Å². The highest BCUT2D eigenvalue weighted by molar-refractivity contribution is 9.10. The number of carbonyl (C=O) groups excluding carboxylic acids is 2. The Morgan fingerprint density at radius 2 is 1.94 bits per heavy atom. The number of hydrogen-bond acceptors (Lipinski definition) is 3. The minimum Gasteiger partial charge on any atom is -0.496 e. The molecular formula is C13H14BrNO3. The van der Waals surface area contributed by atoms with Crippen molar-refractivity contribution in [2.45, 2.75) is 12.8 Å². The lowest BCUT2D eigenvalue weighted by molar-refractivity contribution is -0.125. The highest BCUT2D eigenvalue weighted by Gasteiger charge is 2.27. The number of nitrogens with zero attached hydrogens (tertiary/aromatic N) is 1. The second-order valence-corrected chi connectivity index (χ2v) is 5.09. The van der Waals surface area contributed by atoms with Gasteiger partial charge in [-0.05, 0) is 31.0 Å². The summed E-state index contributed by atoms with van der Waals surface area (Å²) in [5.74, 6) is -0.519. The van der Waals surface area contributed by atoms with Gasteiger partial charge in [-0.1, -0.05) is 15.9 Å². The van der Waals surface area contributed by atoms with Crippen LogP contribution in [0, 0.1) is 0 Å². The summed E-state index contributed by atoms with van der Waals surface area (Å²) in [6.45, 7) is 1.34. The Labute approximate surface area is 114 Å². The third kappa shape index (κ3) is 2.56. The Morgan fingerprint density at radius 1 is 1.28 bits per heavy atom. The van der Waals surface area contributed by atoms with Crippen molar-refractivity contribution in [3.05, 3.63) is 28.2 Å². The molecule has 0 bridgehead atoms. The minimum atomic E-state index is -0.505. The standard InChI is InChI=1S/C13H14BrNO3/c1-18-11-5-4-9(14)8-10(11)12(16)13(17)15-6-2-3-7-15/h4-5,8H,2-3,6-7H2,1H3. The van der Waals surface area contributed by atoms with E-state index in [-0.39, 0.29) is 0 Å². The first-order valence-electron chi connectivity index (χ1n) is 5.80. The second-order valence-electron chi connectivity index (χ2n) is 4.17. The number of likely N-dealkylation sites (tertiary alicyclic amines) is 1. The molecule has 0 aromatic heterocycles. The summed E-state index contributed by atoms with van der Waals surface area (Å²) in [5.41, 5.74) is 0.309. The monoisotopic (exact) mass is 311 g/mol. The molecule has 1 fully saturated rings. The molecule has 1 amide bonds. The van der Waals surface area contributed by atoms with E-state index in [2.05, 4.69) is 15.9 Å². The fourth-order valence-electron chi connectivity index (χ4n) is 2.04. The lowest BCUT2D eigenvalue weighted by Crippen LogP contribution is -2.34. The number of amides is 1. The SMILES string of the molecule is COc1ccc(Br)cc1C(=O)C(=O)N1CCCC1. The van der Waals surface area contributed by atoms with E-state index in [9.17, 15) is 9.59 Å². The van der Waals surface area contributed by atoms with Crippen LogP contribution in [0.5, 0.6) is 5.75 Å². The Kier molecular flexibility index (Phi) is 4.01. The smallest absolute Gasteiger partial charge is 0.295 e. The van der Waals surface area contributed by atoms with Crippen molar-refractivity contribution in [3.8, 4) is 5.75 Å². The van der Waals surface area contributed by atoms with Gasteiger partial charge in [0, 0.05) is 17.6 Å². The van der Waals surface area contributed by atoms with Gasteiger partial charge in [-0.2, -0.15) is 0 Å². The quantitative estimate of drug-likeness (QED) is 0.635. The van der Waals surface area contributed by atoms with E-state index in [1.165, 1.54) is 7.11 Å². The van der Waals surface area contributed by atoms with Gasteiger partial charge in [0.15, 0.2) is 0 Å². The van der Waals surface area contributed by atoms with Crippen molar-refractivity contribution in [2.24, 2.45) is 0 Å². The van der Waals surface area contributed by atoms with Crippen LogP contribution in [0.1, 0.15) is 23.2 Å². The molecule has 1 saturated heterocycles. The molecule has 5 heteroatoms. The highest BCUT2D eigenvalue weighted by Crippen LogP contribution is 2.24. The molecule has 2 rings (SSSR count). The maximum atomic E-state index is 12.2. The number of hydrogen-bond donors (Lipinski definition) is 0. The van der Waals surface area contributed by atoms with Crippen LogP contribution in [0.4, 0.5) is 0 Å². The summed E-state index contributed by atoms with van der Waals surface area (Å²) in [6.07, 6.45) is 1.93. The van der Waals surface area contributed by atoms with E-state index >= 15 is 0 Å². The molecule has 0 spiro atoms. The molecule has 1 aromatic carbocycles. The zero-order chi connectivity index (χ0) is 13.1. The average molecular weight is 312 g/mol. The largest absolute Gasteiger partial charge is 0.496 e. The lowest BCUT2D eigenvalue weighted by atomic mass is 10.1. The van der Waals surface area contributed by atoms with Crippen LogP contribution in [0.15, 0.2) is 22.7 Å². The topological polar surface area (TPSA) is 46.6 Å². The van der Waals surface area contributed by atoms with E-state index in [4.69, 9.17) is 4.74 Å². The van der Waals surface area contributed by atoms with Crippen molar-refractivity contribution in [1.82, 2.24) is 4.90 Å². The van der Waals surface area contributed by atoms with Gasteiger partial charge in [0.2, 0.25) is 0 Å². The third-order valence-corrected chi connectivity index (χ3v) is 3.49. The first kappa shape index (κ1) is 13.1. The van der Waals surface area contributed by atoms with Crippen molar-refractivity contribution in [2.75, 3.05) is 20.2 Å². The van der Waals surface area contributed by atoms with Crippen molar-refractivity contribution >= 4 is 27.6 Å². The maximum Gasteiger partial charge on any atom is 0.295 e. The number of methoxy groups -OCH3 is 1. The molecule has 1 aromatic rings. The van der Waals surface area contributed by atoms with Crippen LogP contribution in [0.25, 0.3) is 0 Å². The predicted molar refractivity (Wildman–Crippen MR) is 70.8 cm³/mol. The fraction of sp³-hybridized carbons (Fsp3) is 0.385. The molecule has 1 aliphatic heterocycles. The first-order valence-corrected chi connectivity index (χ1v) is 6.60. The number of carbonyl (C=O) groups is 2. The minimum absolute atomic E-state index is 0.309. The summed E-state index contributed by atoms with van der Waals surface area (Å²) in [6, 6.07) is 5.07. The Hall–Kier alpha value is -1.36. The summed E-state index contributed by atoms with van der Waals surface area (Å²) >= 11 is 3.29. The lowest BCUT2D eigenvalue weighted by Gasteiger charge is -2.15. The summed E-state index contributed by atoms with van der Waals surface area (Å²) in [4.78, 5) is 25.8. The van der Waals surface area contributed by atoms with Gasteiger partial charge in [0.25, 0.3) is 11.7 Å². The van der Waals surface area contributed by atoms with Gasteiger partial charge < -0.3 is 9.64 Å². The van der Waals surface area contributed by atoms with Crippen molar-refractivity contribution in [1.29, 1.82) is 0 Å². The van der Waals surface area contributed by atoms with E-state index in [0.717, 1.165) is 17.3 Å². The van der Waals surface area contributed by atoms with Gasteiger partial charge in [-0.3, -0.25) is 9.59 Å². The van der Waals surface area contributed by atoms with Gasteiger partial charge in [-0.15, -0.1) is 0 Å². The van der Waals surface area contributed by atoms with E-state index < -0.39 is 11.7 Å². The van der Waals surface area contributed by atoms with Crippen molar-refractivity contribution in [3.63, 3.8) is 0 Å². The first-order chi connectivity index (χ1) is 8.63. The fourth-order valence-corrected chi connectivity index (χ4v) is 2.40. The Balaban J connectivity index is 2.27. The van der Waals surface area contributed by atoms with Crippen LogP contribution >= 0.6 is 15.9 Å². The molecule has 0 saturated carbocycles. The molecule has 18 heavy (non-hydrogen) atoms. The molecule has 0 unspecified atom stereocenters. The number of rotatable bonds is 3. The molecule has 96 valence electrons. The van der Waals surface area contributed by atoms with Crippen molar-refractivity contribution < 1.29 is 14.3 Å². The Morgan fingerprint density at radius 3 is 2.56 bits per heavy atom. The van der Waals surface area contributed by atoms with Gasteiger partial charge in [-0.25, -0.2) is 0 Å². The normalized spacial score (nSPS) is 14.7. The second kappa shape index (κ2) is 5.52. The molecular weight excluding hydrogens is 298 g/mol. The van der Waals surface area contributed by atoms with Gasteiger partial charge in [0.05, 0.1) is 12.7 Å². The molecule has 1 heterocycles. The van der Waals surface area contributed by atoms with E-state index in [1.54, 1.807) is 23.1 Å². The number of Topliss-reactive ketones (excluding diaryl/α,β-unsaturated/α-hetero) is 1. The van der Waals surface area contributed by atoms with Crippen LogP contribution < -0.4 is 4.74 Å². The zero-order valence-corrected chi connectivity index (χ0v) is 11.7. The molecule has 4 nitrogen and oxygen atoms in total. The number of ether oxygens (including phenoxy) is 1. The van der Waals surface area contributed by atoms with Crippen LogP contribution in [-0.4, -0.2) is 36.8 Å². The molecule has 0 atom stereocenters. The zero-order valence-electron chi connectivity index (χ0n) is 10.1. The van der Waals surface area contributed by atoms with Gasteiger partial charge in [0.1, 0.15) is 5.75 Å². The predicted octanol–water partition coefficient (Wildman–Crippen LogP) is 2.26. The van der Waals surface area contributed by atoms with Crippen LogP contribution in [0.3, 0.4) is 0 Å². The summed E-state index contributed by atoms with van der Waals surface area (Å²) < 4.78 is 5.87. The number of benzene rings is 1. The van der Waals surface area contributed by atoms with E-state index in [0.29, 0.717) is 24.4 Å². The van der Waals surface area contributed by atoms with E-state index in [1.807, 2.05) is 0 Å². The molecule has 1 aliphatic rings. The maximum absolute atomic E-state index is 12.2. The molecule has 0 aliphatic carbocycles. The summed E-state index contributed by atoms with van der Waals surface area (Å²) in [5, 5.41) is 0. The molecule has 0 radical (unpaired) electrons. The third-order valence-electron chi connectivity index (χ3n) is 2.99. The van der Waals surface area contributed by atoms with Gasteiger partial charge >= 0.3 is 0 Å². The molecule has 0 N–H and O–H groups in total. The van der Waals surface area contributed by atoms with Crippen LogP contribution in [0.2, 0.25) is 0 Å². The summed E-state index contributed by atoms with van der Waals surface area (Å²) in [7, 11) is 1.49.